The van der Waals surface area contributed by atoms with Crippen LogP contribution in [0.1, 0.15) is 67.3 Å². The number of nitrogens with one attached hydrogen (secondary N) is 1. The molecule has 0 unspecified atom stereocenters. The largest absolute Gasteiger partial charge is 0.326 e. The Morgan fingerprint density at radius 2 is 1.81 bits per heavy atom. The number of hydrogen-bond acceptors (Lipinski definition) is 4. The van der Waals surface area contributed by atoms with Gasteiger partial charge < -0.3 is 10.2 Å². The van der Waals surface area contributed by atoms with E-state index in [1.807, 2.05) is 19.1 Å². The fourth-order valence-electron chi connectivity index (χ4n) is 4.15. The average Bonchev–Trinajstić information content (AvgIpc) is 2.82. The Kier molecular flexibility index (Phi) is 8.50. The fourth-order valence-corrected chi connectivity index (χ4v) is 4.15. The van der Waals surface area contributed by atoms with Gasteiger partial charge in [-0.25, -0.2) is 5.21 Å². The van der Waals surface area contributed by atoms with Crippen molar-refractivity contribution in [2.75, 3.05) is 25.0 Å². The van der Waals surface area contributed by atoms with Gasteiger partial charge in [0.15, 0.2) is 5.78 Å². The number of amides is 1. The van der Waals surface area contributed by atoms with Crippen LogP contribution in [0.3, 0.4) is 0 Å². The second kappa shape index (κ2) is 11.5. The van der Waals surface area contributed by atoms with Crippen LogP contribution in [-0.4, -0.2) is 46.4 Å². The van der Waals surface area contributed by atoms with Crippen LogP contribution in [-0.2, 0) is 4.79 Å². The zero-order chi connectivity index (χ0) is 22.9. The van der Waals surface area contributed by atoms with Crippen molar-refractivity contribution in [3.05, 3.63) is 64.6 Å². The monoisotopic (exact) mass is 438 g/mol. The maximum absolute atomic E-state index is 12.3. The maximum atomic E-state index is 12.3. The summed E-state index contributed by atoms with van der Waals surface area (Å²) in [5, 5.41) is 11.8. The van der Waals surface area contributed by atoms with E-state index in [2.05, 4.69) is 22.3 Å². The van der Waals surface area contributed by atoms with Crippen LogP contribution in [0.4, 0.5) is 11.4 Å². The number of unbranched alkanes of at least 4 members (excludes halogenated alkanes) is 1. The molecule has 7 heteroatoms. The second-order valence-corrected chi connectivity index (χ2v) is 8.34. The Balaban J connectivity index is 1.37. The molecule has 0 atom stereocenters. The Hall–Kier alpha value is -3.06. The molecule has 0 saturated carbocycles. The van der Waals surface area contributed by atoms with Gasteiger partial charge in [0, 0.05) is 36.2 Å². The van der Waals surface area contributed by atoms with Crippen LogP contribution in [0.15, 0.2) is 48.5 Å². The Morgan fingerprint density at radius 3 is 2.47 bits per heavy atom. The normalized spacial score (nSPS) is 14.8. The van der Waals surface area contributed by atoms with Gasteiger partial charge in [-0.2, -0.15) is 0 Å². The first-order chi connectivity index (χ1) is 15.5. The van der Waals surface area contributed by atoms with Gasteiger partial charge in [-0.05, 0) is 81.1 Å². The van der Waals surface area contributed by atoms with Gasteiger partial charge in [0.1, 0.15) is 0 Å². The van der Waals surface area contributed by atoms with Gasteiger partial charge in [0.2, 0.25) is 5.91 Å². The van der Waals surface area contributed by atoms with E-state index < -0.39 is 0 Å². The summed E-state index contributed by atoms with van der Waals surface area (Å²) >= 11 is 0. The summed E-state index contributed by atoms with van der Waals surface area (Å²) in [5.41, 5.74) is 2.84. The number of rotatable bonds is 10. The van der Waals surface area contributed by atoms with Crippen molar-refractivity contribution in [1.82, 2.24) is 4.90 Å². The minimum atomic E-state index is -0.210. The summed E-state index contributed by atoms with van der Waals surface area (Å²) in [6, 6.07) is 14.2. The van der Waals surface area contributed by atoms with Gasteiger partial charge in [-0.15, -0.1) is 0 Å². The van der Waals surface area contributed by atoms with Crippen LogP contribution in [0.2, 0.25) is 0 Å². The first-order valence-electron chi connectivity index (χ1n) is 11.4. The highest BCUT2D eigenvalue weighted by atomic mass is 16.6. The average molecular weight is 439 g/mol. The summed E-state index contributed by atoms with van der Waals surface area (Å²) in [6.07, 6.45) is 4.94. The lowest BCUT2D eigenvalue weighted by Gasteiger charge is -2.32. The molecule has 0 aromatic heterocycles. The van der Waals surface area contributed by atoms with Crippen molar-refractivity contribution in [1.29, 1.82) is 0 Å². The van der Waals surface area contributed by atoms with Gasteiger partial charge in [-0.1, -0.05) is 19.1 Å². The van der Waals surface area contributed by atoms with E-state index in [-0.39, 0.29) is 22.3 Å². The molecule has 0 bridgehead atoms. The number of nitrogens with zero attached hydrogens (tertiary/aromatic N) is 2. The molecule has 170 valence electrons. The van der Waals surface area contributed by atoms with Crippen LogP contribution in [0.25, 0.3) is 0 Å². The molecule has 7 nitrogen and oxygen atoms in total. The molecule has 3 rings (SSSR count). The molecule has 1 amide bonds. The molecule has 1 aliphatic heterocycles. The third kappa shape index (κ3) is 6.72. The first-order valence-corrected chi connectivity index (χ1v) is 11.4. The molecule has 2 aromatic carbocycles. The van der Waals surface area contributed by atoms with Gasteiger partial charge in [0.25, 0.3) is 4.92 Å². The number of ketones is 1. The Bertz CT molecular complexity index is 934. The lowest BCUT2D eigenvalue weighted by Crippen LogP contribution is -2.33. The summed E-state index contributed by atoms with van der Waals surface area (Å²) in [7, 11) is 0. The predicted octanol–water partition coefficient (Wildman–Crippen LogP) is 5.07. The van der Waals surface area contributed by atoms with Crippen LogP contribution in [0, 0.1) is 4.91 Å². The summed E-state index contributed by atoms with van der Waals surface area (Å²) in [4.78, 5) is 37.0. The molecule has 0 radical (unpaired) electrons. The smallest absolute Gasteiger partial charge is 0.316 e. The molecule has 1 aliphatic rings. The van der Waals surface area contributed by atoms with Crippen LogP contribution >= 0.6 is 0 Å². The van der Waals surface area contributed by atoms with E-state index in [1.165, 1.54) is 17.7 Å². The SMILES string of the molecule is CCC(=O)Nc1cccc(C2CCN(CCCCC(=O)c3ccc([N+](=O)O)cc3)CC2)c1. The van der Waals surface area contributed by atoms with Gasteiger partial charge in [0.05, 0.1) is 4.91 Å². The number of carbonyl (C=O) groups is 2. The summed E-state index contributed by atoms with van der Waals surface area (Å²) in [5.74, 6) is 0.602. The molecule has 1 saturated heterocycles. The Labute approximate surface area is 189 Å². The molecule has 1 heterocycles. The molecular weight excluding hydrogens is 406 g/mol. The van der Waals surface area contributed by atoms with Crippen molar-refractivity contribution in [3.8, 4) is 0 Å². The zero-order valence-electron chi connectivity index (χ0n) is 18.6. The number of benzene rings is 2. The highest BCUT2D eigenvalue weighted by Gasteiger charge is 2.21. The van der Waals surface area contributed by atoms with Gasteiger partial charge >= 0.3 is 5.69 Å². The minimum Gasteiger partial charge on any atom is -0.326 e. The number of hydrogen-bond donors (Lipinski definition) is 2. The molecule has 2 N–H and O–H groups in total. The lowest BCUT2D eigenvalue weighted by atomic mass is 9.89. The van der Waals surface area contributed by atoms with Crippen molar-refractivity contribution in [3.63, 3.8) is 0 Å². The maximum Gasteiger partial charge on any atom is 0.316 e. The van der Waals surface area contributed by atoms with E-state index in [1.54, 1.807) is 12.1 Å². The third-order valence-corrected chi connectivity index (χ3v) is 6.09. The molecule has 0 spiro atoms. The van der Waals surface area contributed by atoms with Crippen LogP contribution in [0.5, 0.6) is 0 Å². The fraction of sp³-hybridized carbons (Fsp3) is 0.440. The number of carbonyl (C=O) groups excluding carboxylic acids is 2. The number of Topliss-reactive ketones (excluding diaryl/α,β-unsaturated/α-hetero) is 1. The van der Waals surface area contributed by atoms with Crippen molar-refractivity contribution in [2.45, 2.75) is 51.4 Å². The number of likely N-dealkylation sites (tertiary alicyclic amines) is 1. The number of anilines is 1. The third-order valence-electron chi connectivity index (χ3n) is 6.09. The number of piperidine rings is 1. The van der Waals surface area contributed by atoms with E-state index >= 15 is 0 Å². The summed E-state index contributed by atoms with van der Waals surface area (Å²) in [6.45, 7) is 4.92. The summed E-state index contributed by atoms with van der Waals surface area (Å²) < 4.78 is 0. The standard InChI is InChI=1S/C25H31N3O4/c1-2-25(30)26-22-7-5-6-21(18-22)19-13-16-27(17-14-19)15-4-3-8-24(29)20-9-11-23(12-10-20)28(31)32/h5-7,9-12,18-19H,2-4,8,13-17H2,1H3,(H-,26,30,31,32)/p+1. The van der Waals surface area contributed by atoms with Gasteiger partial charge in [-0.3, -0.25) is 9.59 Å². The highest BCUT2D eigenvalue weighted by molar-refractivity contribution is 5.96. The molecule has 1 fully saturated rings. The van der Waals surface area contributed by atoms with Crippen LogP contribution < -0.4 is 5.32 Å². The quantitative estimate of drug-likeness (QED) is 0.307. The minimum absolute atomic E-state index is 0.0340. The molecule has 0 aliphatic carbocycles. The van der Waals surface area contributed by atoms with E-state index in [0.29, 0.717) is 24.3 Å². The second-order valence-electron chi connectivity index (χ2n) is 8.34. The van der Waals surface area contributed by atoms with Crippen molar-refractivity contribution >= 4 is 23.1 Å². The zero-order valence-corrected chi connectivity index (χ0v) is 18.6. The van der Waals surface area contributed by atoms with E-state index in [4.69, 9.17) is 5.21 Å². The topological polar surface area (TPSA) is 89.7 Å². The predicted molar refractivity (Wildman–Crippen MR) is 123 cm³/mol. The van der Waals surface area contributed by atoms with Crippen molar-refractivity contribution < 1.29 is 19.7 Å². The molecular formula is C25H32N3O4+. The molecule has 2 aromatic rings. The first kappa shape index (κ1) is 23.6. The highest BCUT2D eigenvalue weighted by Crippen LogP contribution is 2.29. The Morgan fingerprint density at radius 1 is 1.09 bits per heavy atom. The van der Waals surface area contributed by atoms with E-state index in [0.717, 1.165) is 51.0 Å². The van der Waals surface area contributed by atoms with E-state index in [9.17, 15) is 14.5 Å². The lowest BCUT2D eigenvalue weighted by molar-refractivity contribution is -0.729. The molecule has 32 heavy (non-hydrogen) atoms. The van der Waals surface area contributed by atoms with Crippen molar-refractivity contribution in [2.24, 2.45) is 0 Å².